The van der Waals surface area contributed by atoms with Gasteiger partial charge in [0.15, 0.2) is 0 Å². The molecule has 1 rings (SSSR count). The van der Waals surface area contributed by atoms with E-state index in [1.165, 1.54) is 0 Å². The number of anilines is 1. The van der Waals surface area contributed by atoms with Crippen molar-refractivity contribution in [2.45, 2.75) is 26.7 Å². The lowest BCUT2D eigenvalue weighted by atomic mass is 10.0. The molecule has 0 radical (unpaired) electrons. The molecule has 0 fully saturated rings. The molecule has 0 aromatic heterocycles. The van der Waals surface area contributed by atoms with Gasteiger partial charge in [0.1, 0.15) is 0 Å². The number of benzene rings is 1. The van der Waals surface area contributed by atoms with Crippen LogP contribution in [0, 0.1) is 0 Å². The Morgan fingerprint density at radius 2 is 1.79 bits per heavy atom. The second-order valence-corrected chi connectivity index (χ2v) is 3.71. The van der Waals surface area contributed by atoms with Crippen LogP contribution in [0.2, 0.25) is 0 Å². The molecule has 3 nitrogen and oxygen atoms in total. The van der Waals surface area contributed by atoms with Crippen molar-refractivity contribution in [1.29, 1.82) is 0 Å². The molecule has 0 saturated heterocycles. The van der Waals surface area contributed by atoms with Crippen molar-refractivity contribution in [3.8, 4) is 0 Å². The van der Waals surface area contributed by atoms with Crippen LogP contribution in [0.1, 0.15) is 25.0 Å². The lowest BCUT2D eigenvalue weighted by Gasteiger charge is -2.12. The minimum absolute atomic E-state index is 0.804. The largest absolute Gasteiger partial charge is 0.289 e. The molecule has 1 aromatic carbocycles. The van der Waals surface area contributed by atoms with Crippen molar-refractivity contribution in [3.63, 3.8) is 0 Å². The fourth-order valence-electron chi connectivity index (χ4n) is 1.46. The maximum Gasteiger partial charge on any atom is 0.259 e. The number of rotatable bonds is 4. The lowest BCUT2D eigenvalue weighted by Crippen LogP contribution is -2.07. The van der Waals surface area contributed by atoms with Crippen molar-refractivity contribution in [2.75, 3.05) is 4.72 Å². The average Bonchev–Trinajstić information content (AvgIpc) is 2.17. The zero-order valence-corrected chi connectivity index (χ0v) is 9.23. The summed E-state index contributed by atoms with van der Waals surface area (Å²) in [6, 6.07) is 5.91. The number of aryl methyl sites for hydroxylation is 2. The fourth-order valence-corrected chi connectivity index (χ4v) is 1.90. The Hall–Kier alpha value is -0.870. The van der Waals surface area contributed by atoms with Gasteiger partial charge in [-0.15, -0.1) is 0 Å². The third-order valence-electron chi connectivity index (χ3n) is 2.19. The fraction of sp³-hybridized carbons (Fsp3) is 0.400. The normalized spacial score (nSPS) is 12.5. The van der Waals surface area contributed by atoms with Crippen LogP contribution >= 0.6 is 0 Å². The van der Waals surface area contributed by atoms with E-state index in [-0.39, 0.29) is 0 Å². The standard InChI is InChI=1S/C10H15NO2S/c1-3-8-6-5-7-9(4-2)10(8)11-14(12)13/h5-7,11H,3-4H2,1-2H3,(H,12,13). The van der Waals surface area contributed by atoms with Gasteiger partial charge in [0.05, 0.1) is 5.69 Å². The molecule has 1 atom stereocenters. The highest BCUT2D eigenvalue weighted by Gasteiger charge is 2.06. The summed E-state index contributed by atoms with van der Waals surface area (Å²) < 4.78 is 22.1. The van der Waals surface area contributed by atoms with Gasteiger partial charge in [0.2, 0.25) is 0 Å². The average molecular weight is 213 g/mol. The summed E-state index contributed by atoms with van der Waals surface area (Å²) in [6.45, 7) is 4.06. The highest BCUT2D eigenvalue weighted by atomic mass is 32.2. The summed E-state index contributed by atoms with van der Waals surface area (Å²) in [6.07, 6.45) is 1.71. The molecule has 1 unspecified atom stereocenters. The predicted molar refractivity (Wildman–Crippen MR) is 59.6 cm³/mol. The molecule has 4 heteroatoms. The molecule has 14 heavy (non-hydrogen) atoms. The molecule has 0 aliphatic heterocycles. The van der Waals surface area contributed by atoms with Crippen LogP contribution in [-0.4, -0.2) is 8.76 Å². The van der Waals surface area contributed by atoms with E-state index in [4.69, 9.17) is 4.55 Å². The van der Waals surface area contributed by atoms with Crippen LogP contribution in [0.3, 0.4) is 0 Å². The second kappa shape index (κ2) is 5.12. The van der Waals surface area contributed by atoms with E-state index in [0.717, 1.165) is 29.7 Å². The summed E-state index contributed by atoms with van der Waals surface area (Å²) in [7, 11) is 0. The van der Waals surface area contributed by atoms with Gasteiger partial charge in [-0.05, 0) is 24.0 Å². The summed E-state index contributed by atoms with van der Waals surface area (Å²) in [4.78, 5) is 0. The van der Waals surface area contributed by atoms with E-state index >= 15 is 0 Å². The van der Waals surface area contributed by atoms with Gasteiger partial charge in [-0.2, -0.15) is 0 Å². The molecule has 0 amide bonds. The lowest BCUT2D eigenvalue weighted by molar-refractivity contribution is 0.570. The van der Waals surface area contributed by atoms with Crippen molar-refractivity contribution in [1.82, 2.24) is 0 Å². The number of nitrogens with one attached hydrogen (secondary N) is 1. The Morgan fingerprint density at radius 3 is 2.14 bits per heavy atom. The summed E-state index contributed by atoms with van der Waals surface area (Å²) >= 11 is -1.99. The smallest absolute Gasteiger partial charge is 0.259 e. The summed E-state index contributed by atoms with van der Waals surface area (Å²) in [5.41, 5.74) is 2.96. The van der Waals surface area contributed by atoms with Crippen LogP contribution in [0.4, 0.5) is 5.69 Å². The Morgan fingerprint density at radius 1 is 1.29 bits per heavy atom. The second-order valence-electron chi connectivity index (χ2n) is 3.01. The molecule has 0 bridgehead atoms. The molecule has 78 valence electrons. The van der Waals surface area contributed by atoms with Gasteiger partial charge >= 0.3 is 0 Å². The minimum atomic E-state index is -1.99. The zero-order chi connectivity index (χ0) is 10.6. The quantitative estimate of drug-likeness (QED) is 0.754. The van der Waals surface area contributed by atoms with Crippen LogP contribution < -0.4 is 4.72 Å². The van der Waals surface area contributed by atoms with Crippen molar-refractivity contribution in [2.24, 2.45) is 0 Å². The number of hydrogen-bond acceptors (Lipinski definition) is 1. The maximum atomic E-state index is 10.7. The molecular formula is C10H15NO2S. The van der Waals surface area contributed by atoms with Crippen LogP contribution in [0.15, 0.2) is 18.2 Å². The van der Waals surface area contributed by atoms with Gasteiger partial charge < -0.3 is 0 Å². The van der Waals surface area contributed by atoms with Gasteiger partial charge in [-0.3, -0.25) is 9.27 Å². The SMILES string of the molecule is CCc1cccc(CC)c1NS(=O)O. The van der Waals surface area contributed by atoms with Crippen molar-refractivity contribution in [3.05, 3.63) is 29.3 Å². The van der Waals surface area contributed by atoms with Gasteiger partial charge in [0.25, 0.3) is 11.3 Å². The third kappa shape index (κ3) is 2.56. The van der Waals surface area contributed by atoms with Gasteiger partial charge in [0, 0.05) is 0 Å². The van der Waals surface area contributed by atoms with E-state index in [1.807, 2.05) is 32.0 Å². The van der Waals surface area contributed by atoms with E-state index in [0.29, 0.717) is 0 Å². The van der Waals surface area contributed by atoms with E-state index in [2.05, 4.69) is 4.72 Å². The summed E-state index contributed by atoms with van der Waals surface area (Å²) in [5, 5.41) is 0. The zero-order valence-electron chi connectivity index (χ0n) is 8.41. The molecule has 0 aliphatic carbocycles. The summed E-state index contributed by atoms with van der Waals surface area (Å²) in [5.74, 6) is 0. The van der Waals surface area contributed by atoms with Crippen LogP contribution in [0.5, 0.6) is 0 Å². The Labute approximate surface area is 87.0 Å². The first-order chi connectivity index (χ1) is 6.69. The Bertz CT molecular complexity index is 317. The first-order valence-corrected chi connectivity index (χ1v) is 5.78. The minimum Gasteiger partial charge on any atom is -0.289 e. The molecule has 0 spiro atoms. The first-order valence-electron chi connectivity index (χ1n) is 4.67. The van der Waals surface area contributed by atoms with Crippen LogP contribution in [0.25, 0.3) is 0 Å². The molecular weight excluding hydrogens is 198 g/mol. The van der Waals surface area contributed by atoms with E-state index < -0.39 is 11.3 Å². The monoisotopic (exact) mass is 213 g/mol. The highest BCUT2D eigenvalue weighted by Crippen LogP contribution is 2.22. The Kier molecular flexibility index (Phi) is 4.10. The third-order valence-corrected chi connectivity index (χ3v) is 2.57. The molecule has 1 aromatic rings. The maximum absolute atomic E-state index is 10.7. The van der Waals surface area contributed by atoms with Gasteiger partial charge in [-0.1, -0.05) is 32.0 Å². The first kappa shape index (κ1) is 11.2. The van der Waals surface area contributed by atoms with Gasteiger partial charge in [-0.25, -0.2) is 4.21 Å². The molecule has 0 saturated carbocycles. The topological polar surface area (TPSA) is 49.3 Å². The van der Waals surface area contributed by atoms with E-state index in [9.17, 15) is 4.21 Å². The number of para-hydroxylation sites is 1. The van der Waals surface area contributed by atoms with Crippen LogP contribution in [-0.2, 0) is 24.1 Å². The predicted octanol–water partition coefficient (Wildman–Crippen LogP) is 2.36. The van der Waals surface area contributed by atoms with E-state index in [1.54, 1.807) is 0 Å². The van der Waals surface area contributed by atoms with Crippen molar-refractivity contribution < 1.29 is 8.76 Å². The Balaban J connectivity index is 3.12. The van der Waals surface area contributed by atoms with Crippen molar-refractivity contribution >= 4 is 17.0 Å². The molecule has 2 N–H and O–H groups in total. The molecule has 0 heterocycles. The molecule has 0 aliphatic rings. The highest BCUT2D eigenvalue weighted by molar-refractivity contribution is 7.80. The number of hydrogen-bond donors (Lipinski definition) is 2.